The predicted molar refractivity (Wildman–Crippen MR) is 122 cm³/mol. The van der Waals surface area contributed by atoms with Gasteiger partial charge in [0, 0.05) is 17.6 Å². The third kappa shape index (κ3) is 4.07. The molecule has 0 saturated carbocycles. The third-order valence-electron chi connectivity index (χ3n) is 5.84. The molecule has 1 aromatic carbocycles. The van der Waals surface area contributed by atoms with Crippen LogP contribution in [0.4, 0.5) is 11.5 Å². The lowest BCUT2D eigenvalue weighted by atomic mass is 9.90. The van der Waals surface area contributed by atoms with Crippen molar-refractivity contribution >= 4 is 23.5 Å². The van der Waals surface area contributed by atoms with Gasteiger partial charge < -0.3 is 10.6 Å². The summed E-state index contributed by atoms with van der Waals surface area (Å²) in [5.74, 6) is 0.813. The number of amides is 1. The fourth-order valence-electron chi connectivity index (χ4n) is 4.21. The summed E-state index contributed by atoms with van der Waals surface area (Å²) in [6.07, 6.45) is 5.70. The van der Waals surface area contributed by atoms with Crippen molar-refractivity contribution in [2.75, 3.05) is 18.4 Å². The molecule has 0 spiro atoms. The second-order valence-corrected chi connectivity index (χ2v) is 8.01. The van der Waals surface area contributed by atoms with Crippen LogP contribution in [0.1, 0.15) is 45.9 Å². The molecular formula is C25H24N5O. The first-order valence-electron chi connectivity index (χ1n) is 10.7. The van der Waals surface area contributed by atoms with Gasteiger partial charge in [0.25, 0.3) is 5.91 Å². The van der Waals surface area contributed by atoms with Gasteiger partial charge in [-0.1, -0.05) is 18.2 Å². The first kappa shape index (κ1) is 19.5. The van der Waals surface area contributed by atoms with Crippen LogP contribution >= 0.6 is 0 Å². The molecule has 6 heteroatoms. The molecule has 1 fully saturated rings. The van der Waals surface area contributed by atoms with E-state index >= 15 is 0 Å². The molecule has 155 valence electrons. The predicted octanol–water partition coefficient (Wildman–Crippen LogP) is 4.39. The van der Waals surface area contributed by atoms with E-state index in [-0.39, 0.29) is 5.91 Å². The van der Waals surface area contributed by atoms with Gasteiger partial charge >= 0.3 is 0 Å². The first-order chi connectivity index (χ1) is 15.2. The van der Waals surface area contributed by atoms with Crippen LogP contribution in [0.2, 0.25) is 0 Å². The molecule has 2 aliphatic rings. The van der Waals surface area contributed by atoms with E-state index in [2.05, 4.69) is 45.2 Å². The molecule has 0 unspecified atom stereocenters. The molecule has 5 rings (SSSR count). The lowest BCUT2D eigenvalue weighted by Crippen LogP contribution is -2.26. The van der Waals surface area contributed by atoms with Crippen molar-refractivity contribution in [1.82, 2.24) is 20.6 Å². The van der Waals surface area contributed by atoms with E-state index in [0.29, 0.717) is 17.3 Å². The molecular weight excluding hydrogens is 386 g/mol. The standard InChI is InChI=1S/C25H24N5O/c1-16-3-2-4-21(28-16)22-15-19-11-14-27-25(31)23(19)24(30-22)29-20-7-5-17(6-8-20)18-9-12-26-13-10-18/h2-8,11,14-15,18,26H,9-10,12-13H2,1H3,(H,29,30). The Morgan fingerprint density at radius 2 is 1.81 bits per heavy atom. The summed E-state index contributed by atoms with van der Waals surface area (Å²) in [6, 6.07) is 16.2. The maximum atomic E-state index is 12.5. The van der Waals surface area contributed by atoms with E-state index in [0.717, 1.165) is 54.3 Å². The lowest BCUT2D eigenvalue weighted by Gasteiger charge is -2.23. The first-order valence-corrected chi connectivity index (χ1v) is 10.7. The summed E-state index contributed by atoms with van der Waals surface area (Å²) in [7, 11) is 0. The normalized spacial score (nSPS) is 16.0. The van der Waals surface area contributed by atoms with Gasteiger partial charge in [-0.05, 0) is 86.3 Å². The lowest BCUT2D eigenvalue weighted by molar-refractivity contribution is 0.0965. The minimum absolute atomic E-state index is 0.289. The van der Waals surface area contributed by atoms with Crippen LogP contribution in [0, 0.1) is 6.92 Å². The summed E-state index contributed by atoms with van der Waals surface area (Å²) in [4.78, 5) is 21.9. The minimum atomic E-state index is -0.289. The zero-order chi connectivity index (χ0) is 21.2. The summed E-state index contributed by atoms with van der Waals surface area (Å²) in [5.41, 5.74) is 5.94. The number of nitrogens with one attached hydrogen (secondary N) is 2. The number of piperidine rings is 1. The van der Waals surface area contributed by atoms with Crippen molar-refractivity contribution in [3.8, 4) is 11.4 Å². The van der Waals surface area contributed by atoms with Crippen molar-refractivity contribution in [2.45, 2.75) is 25.7 Å². The van der Waals surface area contributed by atoms with Crippen LogP contribution in [0.15, 0.2) is 54.7 Å². The number of fused-ring (bicyclic) bond motifs is 1. The highest BCUT2D eigenvalue weighted by Crippen LogP contribution is 2.31. The summed E-state index contributed by atoms with van der Waals surface area (Å²) in [5, 5.41) is 10.7. The van der Waals surface area contributed by atoms with E-state index < -0.39 is 0 Å². The number of hydrogen-bond acceptors (Lipinski definition) is 5. The van der Waals surface area contributed by atoms with Crippen molar-refractivity contribution in [1.29, 1.82) is 0 Å². The molecule has 1 amide bonds. The average molecular weight is 411 g/mol. The molecule has 0 atom stereocenters. The largest absolute Gasteiger partial charge is 0.340 e. The third-order valence-corrected chi connectivity index (χ3v) is 5.84. The van der Waals surface area contributed by atoms with Crippen LogP contribution in [0.3, 0.4) is 0 Å². The smallest absolute Gasteiger partial charge is 0.281 e. The van der Waals surface area contributed by atoms with Crippen molar-refractivity contribution in [3.05, 3.63) is 77.1 Å². The molecule has 0 bridgehead atoms. The van der Waals surface area contributed by atoms with Crippen LogP contribution in [-0.2, 0) is 0 Å². The monoisotopic (exact) mass is 410 g/mol. The van der Waals surface area contributed by atoms with E-state index in [1.165, 1.54) is 11.8 Å². The number of carbonyl (C=O) groups excluding carboxylic acids is 1. The van der Waals surface area contributed by atoms with Gasteiger partial charge in [-0.3, -0.25) is 9.78 Å². The van der Waals surface area contributed by atoms with Crippen LogP contribution in [-0.4, -0.2) is 29.0 Å². The molecule has 2 aliphatic heterocycles. The van der Waals surface area contributed by atoms with E-state index in [1.54, 1.807) is 0 Å². The fourth-order valence-corrected chi connectivity index (χ4v) is 4.21. The highest BCUT2D eigenvalue weighted by Gasteiger charge is 2.23. The van der Waals surface area contributed by atoms with Gasteiger partial charge in [0.05, 0.1) is 17.0 Å². The molecule has 31 heavy (non-hydrogen) atoms. The number of carbonyl (C=O) groups is 1. The molecule has 2 N–H and O–H groups in total. The summed E-state index contributed by atoms with van der Waals surface area (Å²) >= 11 is 0. The number of hydrogen-bond donors (Lipinski definition) is 2. The van der Waals surface area contributed by atoms with E-state index in [1.807, 2.05) is 37.3 Å². The Hall–Kier alpha value is -3.51. The average Bonchev–Trinajstić information content (AvgIpc) is 2.80. The van der Waals surface area contributed by atoms with E-state index in [4.69, 9.17) is 4.98 Å². The zero-order valence-corrected chi connectivity index (χ0v) is 17.4. The Morgan fingerprint density at radius 1 is 1.00 bits per heavy atom. The molecule has 3 aromatic rings. The Kier molecular flexibility index (Phi) is 5.22. The van der Waals surface area contributed by atoms with Gasteiger partial charge in [0.15, 0.2) is 0 Å². The number of aryl methyl sites for hydroxylation is 1. The second-order valence-electron chi connectivity index (χ2n) is 8.01. The number of aromatic nitrogens is 2. The topological polar surface area (TPSA) is 81.0 Å². The zero-order valence-electron chi connectivity index (χ0n) is 17.4. The fraction of sp³-hybridized carbons (Fsp3) is 0.240. The molecule has 1 radical (unpaired) electrons. The molecule has 0 aliphatic carbocycles. The SMILES string of the molecule is Cc1cccc(-c2cc3c(c(Nc4ccc(C5CCNCC5)cc4)n2)C(=O)[N]C=C3)n1. The Bertz CT molecular complexity index is 1150. The van der Waals surface area contributed by atoms with E-state index in [9.17, 15) is 4.79 Å². The minimum Gasteiger partial charge on any atom is -0.340 e. The molecule has 1 saturated heterocycles. The molecule has 4 heterocycles. The number of benzene rings is 1. The number of pyridine rings is 2. The highest BCUT2D eigenvalue weighted by atomic mass is 16.1. The molecule has 6 nitrogen and oxygen atoms in total. The molecule has 2 aromatic heterocycles. The summed E-state index contributed by atoms with van der Waals surface area (Å²) < 4.78 is 0. The van der Waals surface area contributed by atoms with Crippen molar-refractivity contribution < 1.29 is 4.79 Å². The van der Waals surface area contributed by atoms with Crippen molar-refractivity contribution in [3.63, 3.8) is 0 Å². The highest BCUT2D eigenvalue weighted by molar-refractivity contribution is 6.05. The van der Waals surface area contributed by atoms with Crippen LogP contribution in [0.25, 0.3) is 17.5 Å². The van der Waals surface area contributed by atoms with Crippen LogP contribution in [0.5, 0.6) is 0 Å². The maximum Gasteiger partial charge on any atom is 0.281 e. The van der Waals surface area contributed by atoms with Gasteiger partial charge in [0.2, 0.25) is 0 Å². The van der Waals surface area contributed by atoms with Gasteiger partial charge in [0.1, 0.15) is 5.82 Å². The van der Waals surface area contributed by atoms with Gasteiger partial charge in [-0.15, -0.1) is 0 Å². The Labute approximate surface area is 181 Å². The van der Waals surface area contributed by atoms with Gasteiger partial charge in [-0.25, -0.2) is 10.3 Å². The van der Waals surface area contributed by atoms with Crippen LogP contribution < -0.4 is 16.0 Å². The summed E-state index contributed by atoms with van der Waals surface area (Å²) in [6.45, 7) is 4.09. The number of rotatable bonds is 4. The van der Waals surface area contributed by atoms with Gasteiger partial charge in [-0.2, -0.15) is 0 Å². The second kappa shape index (κ2) is 8.32. The number of nitrogens with zero attached hydrogens (tertiary/aromatic N) is 3. The van der Waals surface area contributed by atoms with Crippen molar-refractivity contribution in [2.24, 2.45) is 0 Å². The number of anilines is 2. The maximum absolute atomic E-state index is 12.5. The Balaban J connectivity index is 1.49. The quantitative estimate of drug-likeness (QED) is 0.667. The Morgan fingerprint density at radius 3 is 2.58 bits per heavy atom.